The third kappa shape index (κ3) is 3.04. The summed E-state index contributed by atoms with van der Waals surface area (Å²) in [6.45, 7) is 4.27. The molecular weight excluding hydrogens is 328 g/mol. The molecule has 1 aromatic carbocycles. The zero-order valence-electron chi connectivity index (χ0n) is 15.1. The number of carbonyl (C=O) groups is 1. The van der Waals surface area contributed by atoms with Crippen molar-refractivity contribution >= 4 is 28.2 Å². The number of fused-ring (bicyclic) bond motifs is 1. The summed E-state index contributed by atoms with van der Waals surface area (Å²) < 4.78 is 7.87. The van der Waals surface area contributed by atoms with Gasteiger partial charge in [-0.15, -0.1) is 6.42 Å². The molecule has 0 radical (unpaired) electrons. The number of terminal acetylenes is 1. The van der Waals surface area contributed by atoms with Gasteiger partial charge in [-0.3, -0.25) is 4.79 Å². The van der Waals surface area contributed by atoms with E-state index in [-0.39, 0.29) is 12.1 Å². The van der Waals surface area contributed by atoms with Crippen LogP contribution >= 0.6 is 0 Å². The van der Waals surface area contributed by atoms with E-state index < -0.39 is 0 Å². The molecule has 6 nitrogen and oxygen atoms in total. The van der Waals surface area contributed by atoms with Gasteiger partial charge in [0.1, 0.15) is 5.69 Å². The Morgan fingerprint density at radius 1 is 1.31 bits per heavy atom. The third-order valence-corrected chi connectivity index (χ3v) is 5.15. The highest BCUT2D eigenvalue weighted by molar-refractivity contribution is 5.99. The van der Waals surface area contributed by atoms with E-state index in [0.717, 1.165) is 74.1 Å². The van der Waals surface area contributed by atoms with Gasteiger partial charge in [0, 0.05) is 32.0 Å². The number of hydrogen-bond acceptors (Lipinski definition) is 4. The van der Waals surface area contributed by atoms with Gasteiger partial charge in [-0.25, -0.2) is 4.68 Å². The molecule has 0 spiro atoms. The lowest BCUT2D eigenvalue weighted by Crippen LogP contribution is -2.21. The topological polar surface area (TPSA) is 59.4 Å². The summed E-state index contributed by atoms with van der Waals surface area (Å²) in [6, 6.07) is 4.07. The van der Waals surface area contributed by atoms with Crippen molar-refractivity contribution in [3.63, 3.8) is 0 Å². The zero-order valence-corrected chi connectivity index (χ0v) is 15.1. The van der Waals surface area contributed by atoms with E-state index in [0.29, 0.717) is 5.69 Å². The van der Waals surface area contributed by atoms with E-state index in [2.05, 4.69) is 27.3 Å². The first-order chi connectivity index (χ1) is 12.7. The van der Waals surface area contributed by atoms with Gasteiger partial charge in [0.15, 0.2) is 6.23 Å². The monoisotopic (exact) mass is 352 g/mol. The minimum absolute atomic E-state index is 0.0774. The molecule has 3 heterocycles. The van der Waals surface area contributed by atoms with Gasteiger partial charge in [-0.2, -0.15) is 5.10 Å². The Morgan fingerprint density at radius 2 is 2.12 bits per heavy atom. The minimum atomic E-state index is -0.0879. The van der Waals surface area contributed by atoms with Crippen LogP contribution < -0.4 is 10.2 Å². The molecule has 0 bridgehead atoms. The van der Waals surface area contributed by atoms with Gasteiger partial charge >= 0.3 is 0 Å². The average Bonchev–Trinajstić information content (AvgIpc) is 3.29. The second kappa shape index (κ2) is 7.00. The van der Waals surface area contributed by atoms with Crippen molar-refractivity contribution in [1.82, 2.24) is 9.78 Å². The molecule has 4 rings (SSSR count). The van der Waals surface area contributed by atoms with Crippen LogP contribution in [0.3, 0.4) is 0 Å². The molecule has 0 aliphatic carbocycles. The summed E-state index contributed by atoms with van der Waals surface area (Å²) in [5.74, 6) is 2.60. The maximum absolute atomic E-state index is 11.7. The van der Waals surface area contributed by atoms with Crippen LogP contribution in [-0.2, 0) is 9.53 Å². The van der Waals surface area contributed by atoms with Crippen molar-refractivity contribution in [2.24, 2.45) is 0 Å². The molecule has 0 saturated carbocycles. The van der Waals surface area contributed by atoms with Crippen molar-refractivity contribution in [2.45, 2.75) is 45.3 Å². The highest BCUT2D eigenvalue weighted by Crippen LogP contribution is 2.36. The van der Waals surface area contributed by atoms with Crippen LogP contribution in [0.25, 0.3) is 10.9 Å². The predicted molar refractivity (Wildman–Crippen MR) is 102 cm³/mol. The van der Waals surface area contributed by atoms with Gasteiger partial charge in [0.25, 0.3) is 0 Å². The van der Waals surface area contributed by atoms with Crippen molar-refractivity contribution < 1.29 is 9.53 Å². The fourth-order valence-electron chi connectivity index (χ4n) is 3.92. The van der Waals surface area contributed by atoms with Crippen LogP contribution in [-0.4, -0.2) is 35.4 Å². The maximum atomic E-state index is 11.7. The van der Waals surface area contributed by atoms with E-state index >= 15 is 0 Å². The molecule has 1 amide bonds. The lowest BCUT2D eigenvalue weighted by Gasteiger charge is -2.25. The van der Waals surface area contributed by atoms with Gasteiger partial charge in [-0.1, -0.05) is 0 Å². The lowest BCUT2D eigenvalue weighted by atomic mass is 10.1. The van der Waals surface area contributed by atoms with Crippen LogP contribution in [0.4, 0.5) is 11.4 Å². The van der Waals surface area contributed by atoms with E-state index in [1.807, 2.05) is 10.7 Å². The summed E-state index contributed by atoms with van der Waals surface area (Å²) in [4.78, 5) is 14.0. The first-order valence-electron chi connectivity index (χ1n) is 9.34. The molecule has 1 atom stereocenters. The Kier molecular flexibility index (Phi) is 4.56. The number of amides is 1. The molecular formula is C20H24N4O2. The number of carbonyl (C=O) groups excluding carboxylic acids is 1. The predicted octanol–water partition coefficient (Wildman–Crippen LogP) is 3.28. The summed E-state index contributed by atoms with van der Waals surface area (Å²) in [7, 11) is 0. The van der Waals surface area contributed by atoms with Crippen LogP contribution in [0.1, 0.15) is 50.9 Å². The van der Waals surface area contributed by atoms with Gasteiger partial charge in [0.05, 0.1) is 16.9 Å². The lowest BCUT2D eigenvalue weighted by molar-refractivity contribution is -0.114. The van der Waals surface area contributed by atoms with Crippen molar-refractivity contribution in [3.05, 3.63) is 17.8 Å². The number of hydrogen-bond donors (Lipinski definition) is 1. The highest BCUT2D eigenvalue weighted by Gasteiger charge is 2.24. The summed E-state index contributed by atoms with van der Waals surface area (Å²) in [5.41, 5.74) is 3.40. The smallest absolute Gasteiger partial charge is 0.221 e. The highest BCUT2D eigenvalue weighted by atomic mass is 16.5. The largest absolute Gasteiger partial charge is 0.370 e. The van der Waals surface area contributed by atoms with Crippen LogP contribution in [0, 0.1) is 12.3 Å². The van der Waals surface area contributed by atoms with E-state index in [1.165, 1.54) is 6.92 Å². The zero-order chi connectivity index (χ0) is 18.1. The maximum Gasteiger partial charge on any atom is 0.221 e. The number of ether oxygens (including phenoxy) is 1. The van der Waals surface area contributed by atoms with Gasteiger partial charge in [-0.05, 0) is 50.2 Å². The first-order valence-corrected chi connectivity index (χ1v) is 9.34. The number of aromatic nitrogens is 2. The van der Waals surface area contributed by atoms with Crippen LogP contribution in [0.15, 0.2) is 12.1 Å². The van der Waals surface area contributed by atoms with Crippen molar-refractivity contribution in [1.29, 1.82) is 0 Å². The molecule has 2 aliphatic rings. The number of benzene rings is 1. The summed E-state index contributed by atoms with van der Waals surface area (Å²) in [6.07, 6.45) is 11.1. The van der Waals surface area contributed by atoms with Crippen molar-refractivity contribution in [2.75, 3.05) is 29.9 Å². The van der Waals surface area contributed by atoms with E-state index in [4.69, 9.17) is 11.2 Å². The average molecular weight is 352 g/mol. The second-order valence-electron chi connectivity index (χ2n) is 7.02. The van der Waals surface area contributed by atoms with Crippen molar-refractivity contribution in [3.8, 4) is 12.3 Å². The molecule has 136 valence electrons. The third-order valence-electron chi connectivity index (χ3n) is 5.15. The Morgan fingerprint density at radius 3 is 2.77 bits per heavy atom. The molecule has 26 heavy (non-hydrogen) atoms. The Bertz CT molecular complexity index is 868. The minimum Gasteiger partial charge on any atom is -0.370 e. The SMILES string of the molecule is C#Cc1nn(C2CCCCO2)c2cc(N3CCCC3)c(NC(C)=O)cc12. The quantitative estimate of drug-likeness (QED) is 0.862. The fourth-order valence-corrected chi connectivity index (χ4v) is 3.92. The number of anilines is 2. The molecule has 2 fully saturated rings. The van der Waals surface area contributed by atoms with E-state index in [1.54, 1.807) is 0 Å². The fraction of sp³-hybridized carbons (Fsp3) is 0.500. The Balaban J connectivity index is 1.87. The molecule has 2 aliphatic heterocycles. The second-order valence-corrected chi connectivity index (χ2v) is 7.02. The molecule has 1 unspecified atom stereocenters. The van der Waals surface area contributed by atoms with Crippen LogP contribution in [0.5, 0.6) is 0 Å². The summed E-state index contributed by atoms with van der Waals surface area (Å²) in [5, 5.41) is 8.49. The van der Waals surface area contributed by atoms with Crippen LogP contribution in [0.2, 0.25) is 0 Å². The Hall–Kier alpha value is -2.52. The number of nitrogens with one attached hydrogen (secondary N) is 1. The molecule has 1 N–H and O–H groups in total. The van der Waals surface area contributed by atoms with Gasteiger partial charge < -0.3 is 15.0 Å². The normalized spacial score (nSPS) is 20.3. The number of nitrogens with zero attached hydrogens (tertiary/aromatic N) is 3. The first kappa shape index (κ1) is 16.9. The van der Waals surface area contributed by atoms with Gasteiger partial charge in [0.2, 0.25) is 5.91 Å². The molecule has 6 heteroatoms. The van der Waals surface area contributed by atoms with E-state index in [9.17, 15) is 4.79 Å². The number of rotatable bonds is 3. The molecule has 1 aromatic heterocycles. The molecule has 2 aromatic rings. The Labute approximate surface area is 153 Å². The standard InChI is InChI=1S/C20H24N4O2/c1-3-16-15-12-17(21-14(2)25)19(23-9-5-6-10-23)13-18(15)24(22-16)20-8-4-7-11-26-20/h1,12-13,20H,4-11H2,2H3,(H,21,25). The molecule has 2 saturated heterocycles. The summed E-state index contributed by atoms with van der Waals surface area (Å²) >= 11 is 0.